The first-order chi connectivity index (χ1) is 36.3. The van der Waals surface area contributed by atoms with Gasteiger partial charge in [0, 0.05) is 74.9 Å². The first-order valence-electron chi connectivity index (χ1n) is 26.1. The van der Waals surface area contributed by atoms with E-state index in [2.05, 4.69) is 37.9 Å². The molecule has 3 aromatic carbocycles. The fourth-order valence-electron chi connectivity index (χ4n) is 12.5. The maximum absolute atomic E-state index is 17.2. The molecule has 3 unspecified atom stereocenters. The van der Waals surface area contributed by atoms with E-state index in [1.54, 1.807) is 54.5 Å². The third kappa shape index (κ3) is 9.34. The Morgan fingerprint density at radius 2 is 1.72 bits per heavy atom. The van der Waals surface area contributed by atoms with E-state index in [1.165, 1.54) is 6.07 Å². The summed E-state index contributed by atoms with van der Waals surface area (Å²) in [7, 11) is 1.74. The van der Waals surface area contributed by atoms with Gasteiger partial charge in [0.2, 0.25) is 11.8 Å². The van der Waals surface area contributed by atoms with Gasteiger partial charge in [-0.3, -0.25) is 39.3 Å². The van der Waals surface area contributed by atoms with Gasteiger partial charge in [-0.05, 0) is 80.9 Å². The van der Waals surface area contributed by atoms with Crippen molar-refractivity contribution in [2.45, 2.75) is 113 Å². The molecular formula is C57H59F2N9O7. The van der Waals surface area contributed by atoms with E-state index in [-0.39, 0.29) is 72.5 Å². The summed E-state index contributed by atoms with van der Waals surface area (Å²) in [6.45, 7) is 7.24. The highest BCUT2D eigenvalue weighted by atomic mass is 19.1. The van der Waals surface area contributed by atoms with Crippen molar-refractivity contribution in [3.8, 4) is 29.6 Å². The number of aryl methyl sites for hydroxylation is 1. The van der Waals surface area contributed by atoms with Crippen molar-refractivity contribution in [2.75, 3.05) is 51.3 Å². The Hall–Kier alpha value is -7.36. The molecule has 2 N–H and O–H groups in total. The summed E-state index contributed by atoms with van der Waals surface area (Å²) in [5.74, 6) is -0.320. The molecule has 8 heterocycles. The maximum Gasteiger partial charge on any atom is 0.409 e. The predicted octanol–water partition coefficient (Wildman–Crippen LogP) is 7.25. The van der Waals surface area contributed by atoms with Crippen LogP contribution in [-0.4, -0.2) is 136 Å². The topological polar surface area (TPSA) is 180 Å². The molecule has 5 saturated heterocycles. The molecule has 388 valence electrons. The van der Waals surface area contributed by atoms with Gasteiger partial charge in [-0.15, -0.1) is 6.42 Å². The Balaban J connectivity index is 0.701. The summed E-state index contributed by atoms with van der Waals surface area (Å²) in [4.78, 5) is 85.6. The number of anilines is 1. The van der Waals surface area contributed by atoms with E-state index >= 15 is 8.78 Å². The second kappa shape index (κ2) is 20.4. The number of amides is 5. The number of rotatable bonds is 16. The number of nitrogens with zero attached hydrogens (tertiary/aromatic N) is 7. The number of piperazine rings is 1. The molecule has 0 saturated carbocycles. The smallest absolute Gasteiger partial charge is 0.409 e. The van der Waals surface area contributed by atoms with Crippen LogP contribution in [0.15, 0.2) is 66.9 Å². The summed E-state index contributed by atoms with van der Waals surface area (Å²) in [6.07, 6.45) is 16.3. The molecule has 2 bridgehead atoms. The average molecular weight is 1020 g/mol. The van der Waals surface area contributed by atoms with Gasteiger partial charge in [0.15, 0.2) is 5.82 Å². The lowest BCUT2D eigenvalue weighted by molar-refractivity contribution is -0.136. The SMILES string of the molecule is C#Cc1c(F)ccc2cccc(-c3ncc4c(N5CC6CCC(C5)N6)nc(OC[C@@]56CC[C@@H](COC(=O)N(C)CCCCCCCc7cccc8c7C(=O)N(C7CCC(=O)NC7=O)C8=O)N5CC(=C)C6)nc4c3F)c12. The van der Waals surface area contributed by atoms with Crippen molar-refractivity contribution in [3.05, 3.63) is 101 Å². The van der Waals surface area contributed by atoms with Crippen molar-refractivity contribution in [3.63, 3.8) is 0 Å². The third-order valence-corrected chi connectivity index (χ3v) is 16.2. The summed E-state index contributed by atoms with van der Waals surface area (Å²) in [5, 5.41) is 7.38. The number of nitrogens with one attached hydrogen (secondary N) is 2. The van der Waals surface area contributed by atoms with Gasteiger partial charge < -0.3 is 24.6 Å². The molecule has 5 amide bonds. The van der Waals surface area contributed by atoms with Crippen LogP contribution in [0, 0.1) is 24.0 Å². The lowest BCUT2D eigenvalue weighted by Gasteiger charge is -2.35. The van der Waals surface area contributed by atoms with E-state index in [1.807, 2.05) is 6.07 Å². The number of hydrogen-bond donors (Lipinski definition) is 2. The number of fused-ring (bicyclic) bond motifs is 6. The number of halogens is 2. The minimum atomic E-state index is -1.00. The van der Waals surface area contributed by atoms with Crippen molar-refractivity contribution in [1.29, 1.82) is 0 Å². The Morgan fingerprint density at radius 3 is 2.52 bits per heavy atom. The Bertz CT molecular complexity index is 3220. The number of carbonyl (C=O) groups is 5. The van der Waals surface area contributed by atoms with Gasteiger partial charge >= 0.3 is 12.1 Å². The quantitative estimate of drug-likeness (QED) is 0.0438. The molecule has 0 radical (unpaired) electrons. The number of carbonyl (C=O) groups excluding carboxylic acids is 5. The molecule has 6 aliphatic heterocycles. The van der Waals surface area contributed by atoms with Crippen LogP contribution in [0.3, 0.4) is 0 Å². The number of terminal acetylenes is 1. The van der Waals surface area contributed by atoms with Gasteiger partial charge in [-0.1, -0.05) is 73.7 Å². The fraction of sp³-hybridized carbons (Fsp3) is 0.439. The van der Waals surface area contributed by atoms with Crippen molar-refractivity contribution in [2.24, 2.45) is 0 Å². The predicted molar refractivity (Wildman–Crippen MR) is 276 cm³/mol. The molecule has 5 aromatic rings. The summed E-state index contributed by atoms with van der Waals surface area (Å²) >= 11 is 0. The number of unbranched alkanes of at least 4 members (excludes halogenated alkanes) is 4. The average Bonchev–Trinajstić information content (AvgIpc) is 4.11. The van der Waals surface area contributed by atoms with Gasteiger partial charge in [0.25, 0.3) is 11.8 Å². The summed E-state index contributed by atoms with van der Waals surface area (Å²) < 4.78 is 44.7. The monoisotopic (exact) mass is 1020 g/mol. The molecule has 75 heavy (non-hydrogen) atoms. The Kier molecular flexibility index (Phi) is 13.6. The van der Waals surface area contributed by atoms with Crippen LogP contribution < -0.4 is 20.3 Å². The van der Waals surface area contributed by atoms with E-state index in [4.69, 9.17) is 25.9 Å². The minimum Gasteiger partial charge on any atom is -0.461 e. The molecule has 16 nitrogen and oxygen atoms in total. The van der Waals surface area contributed by atoms with Crippen LogP contribution in [0.5, 0.6) is 6.01 Å². The van der Waals surface area contributed by atoms with Crippen LogP contribution in [0.1, 0.15) is 109 Å². The second-order valence-electron chi connectivity index (χ2n) is 21.1. The first-order valence-corrected chi connectivity index (χ1v) is 26.1. The van der Waals surface area contributed by atoms with Gasteiger partial charge in [-0.25, -0.2) is 13.6 Å². The Morgan fingerprint density at radius 1 is 0.947 bits per heavy atom. The largest absolute Gasteiger partial charge is 0.461 e. The molecular weight excluding hydrogens is 961 g/mol. The summed E-state index contributed by atoms with van der Waals surface area (Å²) in [6, 6.07) is 12.9. The van der Waals surface area contributed by atoms with Crippen LogP contribution in [0.4, 0.5) is 19.4 Å². The normalized spacial score (nSPS) is 23.3. The number of hydrogen-bond acceptors (Lipinski definition) is 13. The fourth-order valence-corrected chi connectivity index (χ4v) is 12.5. The zero-order valence-corrected chi connectivity index (χ0v) is 42.0. The highest BCUT2D eigenvalue weighted by Gasteiger charge is 2.52. The molecule has 0 aliphatic carbocycles. The first kappa shape index (κ1) is 49.8. The van der Waals surface area contributed by atoms with E-state index in [0.717, 1.165) is 73.8 Å². The minimum absolute atomic E-state index is 0.00879. The second-order valence-corrected chi connectivity index (χ2v) is 21.1. The van der Waals surface area contributed by atoms with Crippen molar-refractivity contribution >= 4 is 57.2 Å². The van der Waals surface area contributed by atoms with Crippen LogP contribution in [0.25, 0.3) is 32.9 Å². The van der Waals surface area contributed by atoms with Gasteiger partial charge in [0.1, 0.15) is 42.1 Å². The third-order valence-electron chi connectivity index (χ3n) is 16.2. The molecule has 18 heteroatoms. The number of aromatic nitrogens is 3. The molecule has 2 aromatic heterocycles. The van der Waals surface area contributed by atoms with Crippen LogP contribution in [0.2, 0.25) is 0 Å². The molecule has 0 spiro atoms. The van der Waals surface area contributed by atoms with E-state index in [0.29, 0.717) is 72.1 Å². The Labute approximate surface area is 433 Å². The number of ether oxygens (including phenoxy) is 2. The zero-order valence-electron chi connectivity index (χ0n) is 42.0. The number of pyridine rings is 1. The molecule has 11 rings (SSSR count). The molecule has 5 fully saturated rings. The molecule has 6 aliphatic rings. The lowest BCUT2D eigenvalue weighted by atomic mass is 9.94. The van der Waals surface area contributed by atoms with Crippen LogP contribution >= 0.6 is 0 Å². The zero-order chi connectivity index (χ0) is 52.1. The number of piperidine rings is 1. The van der Waals surface area contributed by atoms with Crippen molar-refractivity contribution < 1.29 is 42.2 Å². The van der Waals surface area contributed by atoms with Gasteiger partial charge in [0.05, 0.1) is 27.6 Å². The lowest BCUT2D eigenvalue weighted by Crippen LogP contribution is -2.54. The van der Waals surface area contributed by atoms with Crippen molar-refractivity contribution in [1.82, 2.24) is 40.3 Å². The number of benzene rings is 3. The number of imide groups is 2. The highest BCUT2D eigenvalue weighted by Crippen LogP contribution is 2.45. The van der Waals surface area contributed by atoms with E-state index < -0.39 is 52.9 Å². The summed E-state index contributed by atoms with van der Waals surface area (Å²) in [5.41, 5.74) is 2.38. The van der Waals surface area contributed by atoms with Crippen LogP contribution in [-0.2, 0) is 20.7 Å². The van der Waals surface area contributed by atoms with Gasteiger partial charge in [-0.2, -0.15) is 9.97 Å². The molecule has 5 atom stereocenters. The maximum atomic E-state index is 17.2. The van der Waals surface area contributed by atoms with E-state index in [9.17, 15) is 24.0 Å². The standard InChI is InChI=1S/C57H59F2N9O7/c1-4-39-43(58)20-17-35-14-10-15-40(46(35)39)49-48(59)50-42(27-60-49)51(66-29-36-18-19-37(30-66)61-36)64-55(63-50)75-32-57-24-23-38(67(57)28-33(2)26-57)31-74-56(73)65(3)25-9-7-5-6-8-12-34-13-11-16-41-47(34)54(72)68(53(41)71)44-21-22-45(69)62-52(44)70/h1,10-11,13-17,20,27,36-38,44,61H,2,5-9,12,18-19,21-26,28-32H2,3H3,(H,62,69,70)/t36?,37?,38-,44?,57-/m0/s1. The highest BCUT2D eigenvalue weighted by molar-refractivity contribution is 6.24.